The van der Waals surface area contributed by atoms with Crippen LogP contribution in [0, 0.1) is 5.92 Å². The quantitative estimate of drug-likeness (QED) is 0.759. The maximum atomic E-state index is 4.26. The molecule has 108 valence electrons. The van der Waals surface area contributed by atoms with Gasteiger partial charge in [-0.05, 0) is 44.7 Å². The summed E-state index contributed by atoms with van der Waals surface area (Å²) in [4.78, 5) is 2.63. The number of nitrogens with zero attached hydrogens (tertiary/aromatic N) is 4. The van der Waals surface area contributed by atoms with Crippen LogP contribution in [0.3, 0.4) is 0 Å². The maximum absolute atomic E-state index is 4.26. The Morgan fingerprint density at radius 3 is 3.00 bits per heavy atom. The summed E-state index contributed by atoms with van der Waals surface area (Å²) in [5, 5.41) is 8.50. The topological polar surface area (TPSA) is 34.0 Å². The van der Waals surface area contributed by atoms with E-state index in [-0.39, 0.29) is 0 Å². The summed E-state index contributed by atoms with van der Waals surface area (Å²) >= 11 is 0. The number of aryl methyl sites for hydroxylation is 1. The van der Waals surface area contributed by atoms with Crippen molar-refractivity contribution in [2.24, 2.45) is 5.92 Å². The van der Waals surface area contributed by atoms with Crippen molar-refractivity contribution in [2.45, 2.75) is 58.9 Å². The van der Waals surface area contributed by atoms with Crippen LogP contribution in [0.15, 0.2) is 6.20 Å². The fraction of sp³-hybridized carbons (Fsp3) is 0.867. The number of aromatic nitrogens is 3. The molecule has 0 aliphatic carbocycles. The van der Waals surface area contributed by atoms with Crippen LogP contribution >= 0.6 is 0 Å². The van der Waals surface area contributed by atoms with E-state index < -0.39 is 0 Å². The third-order valence-corrected chi connectivity index (χ3v) is 3.97. The zero-order valence-electron chi connectivity index (χ0n) is 12.5. The van der Waals surface area contributed by atoms with Crippen molar-refractivity contribution in [3.05, 3.63) is 11.9 Å². The second kappa shape index (κ2) is 7.63. The van der Waals surface area contributed by atoms with Crippen molar-refractivity contribution < 1.29 is 0 Å². The highest BCUT2D eigenvalue weighted by molar-refractivity contribution is 4.92. The van der Waals surface area contributed by atoms with Gasteiger partial charge in [0.25, 0.3) is 0 Å². The van der Waals surface area contributed by atoms with Crippen molar-refractivity contribution in [1.29, 1.82) is 0 Å². The van der Waals surface area contributed by atoms with E-state index >= 15 is 0 Å². The molecule has 1 aromatic rings. The molecule has 4 heteroatoms. The van der Waals surface area contributed by atoms with Crippen LogP contribution in [0.25, 0.3) is 0 Å². The summed E-state index contributed by atoms with van der Waals surface area (Å²) in [5.74, 6) is 0.752. The molecule has 1 aromatic heterocycles. The third-order valence-electron chi connectivity index (χ3n) is 3.97. The average molecular weight is 264 g/mol. The Morgan fingerprint density at radius 2 is 2.21 bits per heavy atom. The van der Waals surface area contributed by atoms with Gasteiger partial charge in [-0.25, -0.2) is 0 Å². The Morgan fingerprint density at radius 1 is 1.32 bits per heavy atom. The molecular formula is C15H28N4. The molecule has 1 fully saturated rings. The molecule has 1 atom stereocenters. The van der Waals surface area contributed by atoms with Gasteiger partial charge in [0.1, 0.15) is 0 Å². The minimum Gasteiger partial charge on any atom is -0.303 e. The van der Waals surface area contributed by atoms with Crippen molar-refractivity contribution in [2.75, 3.05) is 19.6 Å². The van der Waals surface area contributed by atoms with Crippen LogP contribution in [-0.2, 0) is 13.0 Å². The molecule has 4 nitrogen and oxygen atoms in total. The van der Waals surface area contributed by atoms with Gasteiger partial charge >= 0.3 is 0 Å². The lowest BCUT2D eigenvalue weighted by Crippen LogP contribution is -2.37. The molecule has 0 radical (unpaired) electrons. The van der Waals surface area contributed by atoms with E-state index in [0.717, 1.165) is 31.0 Å². The molecule has 1 aliphatic heterocycles. The summed E-state index contributed by atoms with van der Waals surface area (Å²) in [6.45, 7) is 9.29. The van der Waals surface area contributed by atoms with Crippen molar-refractivity contribution >= 4 is 0 Å². The molecule has 0 saturated carbocycles. The summed E-state index contributed by atoms with van der Waals surface area (Å²) in [5.41, 5.74) is 1.14. The van der Waals surface area contributed by atoms with Crippen molar-refractivity contribution in [1.82, 2.24) is 19.9 Å². The lowest BCUT2D eigenvalue weighted by atomic mass is 9.98. The summed E-state index contributed by atoms with van der Waals surface area (Å²) in [7, 11) is 0. The second-order valence-corrected chi connectivity index (χ2v) is 5.84. The fourth-order valence-electron chi connectivity index (χ4n) is 2.95. The third kappa shape index (κ3) is 4.60. The van der Waals surface area contributed by atoms with E-state index in [1.807, 2.05) is 0 Å². The van der Waals surface area contributed by atoms with E-state index in [1.54, 1.807) is 0 Å². The molecule has 0 aromatic carbocycles. The van der Waals surface area contributed by atoms with Crippen LogP contribution < -0.4 is 0 Å². The number of rotatable bonds is 7. The zero-order chi connectivity index (χ0) is 13.5. The Hall–Kier alpha value is -0.900. The zero-order valence-corrected chi connectivity index (χ0v) is 12.5. The van der Waals surface area contributed by atoms with E-state index in [0.29, 0.717) is 0 Å². The predicted molar refractivity (Wildman–Crippen MR) is 78.1 cm³/mol. The van der Waals surface area contributed by atoms with E-state index in [1.165, 1.54) is 45.3 Å². The Labute approximate surface area is 117 Å². The van der Waals surface area contributed by atoms with Gasteiger partial charge in [-0.3, -0.25) is 4.68 Å². The smallest absolute Gasteiger partial charge is 0.0827 e. The van der Waals surface area contributed by atoms with Gasteiger partial charge < -0.3 is 4.90 Å². The monoisotopic (exact) mass is 264 g/mol. The normalized spacial score (nSPS) is 20.8. The van der Waals surface area contributed by atoms with Gasteiger partial charge in [-0.2, -0.15) is 0 Å². The van der Waals surface area contributed by atoms with E-state index in [2.05, 4.69) is 39.9 Å². The van der Waals surface area contributed by atoms with Gasteiger partial charge in [0.15, 0.2) is 0 Å². The Bertz CT molecular complexity index is 361. The van der Waals surface area contributed by atoms with Crippen LogP contribution in [-0.4, -0.2) is 39.5 Å². The first-order valence-corrected chi connectivity index (χ1v) is 7.93. The molecule has 0 bridgehead atoms. The number of hydrogen-bond donors (Lipinski definition) is 0. The van der Waals surface area contributed by atoms with Crippen LogP contribution in [0.1, 0.15) is 51.6 Å². The first-order chi connectivity index (χ1) is 9.31. The van der Waals surface area contributed by atoms with Crippen LogP contribution in [0.5, 0.6) is 0 Å². The Balaban J connectivity index is 1.80. The average Bonchev–Trinajstić information content (AvgIpc) is 2.85. The highest BCUT2D eigenvalue weighted by Crippen LogP contribution is 2.18. The van der Waals surface area contributed by atoms with E-state index in [4.69, 9.17) is 0 Å². The first kappa shape index (κ1) is 14.5. The highest BCUT2D eigenvalue weighted by atomic mass is 15.4. The molecule has 1 saturated heterocycles. The second-order valence-electron chi connectivity index (χ2n) is 5.84. The largest absolute Gasteiger partial charge is 0.303 e. The van der Waals surface area contributed by atoms with Gasteiger partial charge in [-0.15, -0.1) is 5.10 Å². The lowest BCUT2D eigenvalue weighted by Gasteiger charge is -2.32. The first-order valence-electron chi connectivity index (χ1n) is 7.93. The molecule has 1 aliphatic rings. The SMILES string of the molecule is CCCCN1CCC[C@H](Cn2cc(CCC)nn2)C1. The minimum atomic E-state index is 0.752. The Kier molecular flexibility index (Phi) is 5.83. The maximum Gasteiger partial charge on any atom is 0.0827 e. The minimum absolute atomic E-state index is 0.752. The number of likely N-dealkylation sites (tertiary alicyclic amines) is 1. The summed E-state index contributed by atoms with van der Waals surface area (Å²) < 4.78 is 2.05. The molecule has 2 rings (SSSR count). The standard InChI is InChI=1S/C15H28N4/c1-3-5-9-18-10-6-8-14(11-18)12-19-13-15(7-4-2)16-17-19/h13-14H,3-12H2,1-2H3/t14-/m0/s1. The molecular weight excluding hydrogens is 236 g/mol. The molecule has 19 heavy (non-hydrogen) atoms. The fourth-order valence-corrected chi connectivity index (χ4v) is 2.95. The van der Waals surface area contributed by atoms with Crippen molar-refractivity contribution in [3.63, 3.8) is 0 Å². The molecule has 0 N–H and O–H groups in total. The van der Waals surface area contributed by atoms with Crippen LogP contribution in [0.4, 0.5) is 0 Å². The van der Waals surface area contributed by atoms with Gasteiger partial charge in [-0.1, -0.05) is 31.9 Å². The van der Waals surface area contributed by atoms with E-state index in [9.17, 15) is 0 Å². The van der Waals surface area contributed by atoms with Crippen LogP contribution in [0.2, 0.25) is 0 Å². The lowest BCUT2D eigenvalue weighted by molar-refractivity contribution is 0.157. The molecule has 0 spiro atoms. The highest BCUT2D eigenvalue weighted by Gasteiger charge is 2.20. The number of unbranched alkanes of at least 4 members (excludes halogenated alkanes) is 1. The molecule has 0 unspecified atom stereocenters. The van der Waals surface area contributed by atoms with Gasteiger partial charge in [0.05, 0.1) is 5.69 Å². The molecule has 0 amide bonds. The van der Waals surface area contributed by atoms with Gasteiger partial charge in [0.2, 0.25) is 0 Å². The number of hydrogen-bond acceptors (Lipinski definition) is 3. The summed E-state index contributed by atoms with van der Waals surface area (Å²) in [6.07, 6.45) is 9.63. The predicted octanol–water partition coefficient (Wildman–Crippen LogP) is 2.74. The number of piperidine rings is 1. The summed E-state index contributed by atoms with van der Waals surface area (Å²) in [6, 6.07) is 0. The van der Waals surface area contributed by atoms with Gasteiger partial charge in [0, 0.05) is 19.3 Å². The van der Waals surface area contributed by atoms with Crippen molar-refractivity contribution in [3.8, 4) is 0 Å². The molecule has 2 heterocycles.